The molecule has 1 heterocycles. The molecule has 0 aromatic heterocycles. The zero-order chi connectivity index (χ0) is 15.4. The summed E-state index contributed by atoms with van der Waals surface area (Å²) in [4.78, 5) is 37.8. The number of hydrogen-bond acceptors (Lipinski definition) is 3. The molecule has 0 saturated carbocycles. The molecule has 21 heavy (non-hydrogen) atoms. The van der Waals surface area contributed by atoms with Crippen LogP contribution in [0.2, 0.25) is 0 Å². The number of aromatic carboxylic acids is 1. The second-order valence-corrected chi connectivity index (χ2v) is 4.91. The predicted octanol–water partition coefficient (Wildman–Crippen LogP) is 1.08. The topological polar surface area (TPSA) is 89.9 Å². The lowest BCUT2D eigenvalue weighted by molar-refractivity contribution is -0.129. The van der Waals surface area contributed by atoms with Crippen LogP contribution in [0.1, 0.15) is 16.8 Å². The molecule has 7 nitrogen and oxygen atoms in total. The maximum absolute atomic E-state index is 12.2. The third-order valence-corrected chi connectivity index (χ3v) is 3.32. The first kappa shape index (κ1) is 14.8. The highest BCUT2D eigenvalue weighted by atomic mass is 16.4. The molecule has 1 saturated heterocycles. The predicted molar refractivity (Wildman–Crippen MR) is 76.2 cm³/mol. The lowest BCUT2D eigenvalue weighted by atomic mass is 10.2. The van der Waals surface area contributed by atoms with E-state index >= 15 is 0 Å². The number of carbonyl (C=O) groups is 3. The Bertz CT molecular complexity index is 573. The van der Waals surface area contributed by atoms with Crippen LogP contribution in [0.15, 0.2) is 24.3 Å². The Labute approximate surface area is 122 Å². The summed E-state index contributed by atoms with van der Waals surface area (Å²) in [5.41, 5.74) is 0.490. The highest BCUT2D eigenvalue weighted by Crippen LogP contribution is 2.12. The summed E-state index contributed by atoms with van der Waals surface area (Å²) >= 11 is 0. The molecule has 112 valence electrons. The lowest BCUT2D eigenvalue weighted by Gasteiger charge is -2.20. The standard InChI is InChI=1S/C14H17N3O4/c1-16-6-3-7-17(9-12(16)18)14(21)15-11-5-2-4-10(8-11)13(19)20/h2,4-5,8H,3,6-7,9H2,1H3,(H,15,21)(H,19,20). The van der Waals surface area contributed by atoms with E-state index in [1.807, 2.05) is 0 Å². The molecular weight excluding hydrogens is 274 g/mol. The van der Waals surface area contributed by atoms with Gasteiger partial charge in [-0.15, -0.1) is 0 Å². The summed E-state index contributed by atoms with van der Waals surface area (Å²) in [7, 11) is 1.71. The number of carboxylic acids is 1. The van der Waals surface area contributed by atoms with Crippen molar-refractivity contribution in [2.45, 2.75) is 6.42 Å². The van der Waals surface area contributed by atoms with Gasteiger partial charge in [-0.3, -0.25) is 4.79 Å². The van der Waals surface area contributed by atoms with Gasteiger partial charge in [0, 0.05) is 25.8 Å². The zero-order valence-corrected chi connectivity index (χ0v) is 11.7. The molecule has 2 rings (SSSR count). The Balaban J connectivity index is 2.05. The SMILES string of the molecule is CN1CCCN(C(=O)Nc2cccc(C(=O)O)c2)CC1=O. The van der Waals surface area contributed by atoms with Gasteiger partial charge in [-0.2, -0.15) is 0 Å². The largest absolute Gasteiger partial charge is 0.478 e. The molecule has 1 aromatic rings. The summed E-state index contributed by atoms with van der Waals surface area (Å²) in [5.74, 6) is -1.17. The quantitative estimate of drug-likeness (QED) is 0.853. The number of carboxylic acid groups (broad SMARTS) is 1. The Morgan fingerprint density at radius 1 is 1.29 bits per heavy atom. The molecule has 0 atom stereocenters. The number of rotatable bonds is 2. The number of carbonyl (C=O) groups excluding carboxylic acids is 2. The van der Waals surface area contributed by atoms with Crippen LogP contribution in [-0.2, 0) is 4.79 Å². The van der Waals surface area contributed by atoms with E-state index in [-0.39, 0.29) is 18.0 Å². The third kappa shape index (κ3) is 3.71. The number of likely N-dealkylation sites (N-methyl/N-ethyl adjacent to an activating group) is 1. The van der Waals surface area contributed by atoms with Crippen molar-refractivity contribution in [2.75, 3.05) is 32.0 Å². The lowest BCUT2D eigenvalue weighted by Crippen LogP contribution is -2.40. The molecule has 3 amide bonds. The molecule has 1 aliphatic heterocycles. The molecule has 2 N–H and O–H groups in total. The minimum absolute atomic E-state index is 0.0287. The number of nitrogens with zero attached hydrogens (tertiary/aromatic N) is 2. The summed E-state index contributed by atoms with van der Waals surface area (Å²) in [6.45, 7) is 1.14. The van der Waals surface area contributed by atoms with Crippen LogP contribution in [0.5, 0.6) is 0 Å². The second kappa shape index (κ2) is 6.25. The van der Waals surface area contributed by atoms with Gasteiger partial charge in [0.2, 0.25) is 5.91 Å². The van der Waals surface area contributed by atoms with Gasteiger partial charge in [0.1, 0.15) is 6.54 Å². The maximum Gasteiger partial charge on any atom is 0.335 e. The summed E-state index contributed by atoms with van der Waals surface area (Å²) in [6, 6.07) is 5.59. The Kier molecular flexibility index (Phi) is 4.42. The Morgan fingerprint density at radius 2 is 2.05 bits per heavy atom. The van der Waals surface area contributed by atoms with Crippen molar-refractivity contribution in [1.29, 1.82) is 0 Å². The van der Waals surface area contributed by atoms with Gasteiger partial charge >= 0.3 is 12.0 Å². The van der Waals surface area contributed by atoms with E-state index in [2.05, 4.69) is 5.32 Å². The highest BCUT2D eigenvalue weighted by Gasteiger charge is 2.22. The van der Waals surface area contributed by atoms with E-state index in [0.29, 0.717) is 25.2 Å². The number of hydrogen-bond donors (Lipinski definition) is 2. The third-order valence-electron chi connectivity index (χ3n) is 3.32. The number of anilines is 1. The van der Waals surface area contributed by atoms with Gasteiger partial charge in [0.15, 0.2) is 0 Å². The van der Waals surface area contributed by atoms with Crippen molar-refractivity contribution in [3.05, 3.63) is 29.8 Å². The van der Waals surface area contributed by atoms with Crippen molar-refractivity contribution >= 4 is 23.6 Å². The smallest absolute Gasteiger partial charge is 0.335 e. The van der Waals surface area contributed by atoms with E-state index in [1.165, 1.54) is 17.0 Å². The molecule has 1 aliphatic rings. The van der Waals surface area contributed by atoms with E-state index in [1.54, 1.807) is 24.1 Å². The van der Waals surface area contributed by atoms with Crippen molar-refractivity contribution in [1.82, 2.24) is 9.80 Å². The van der Waals surface area contributed by atoms with Gasteiger partial charge in [0.25, 0.3) is 0 Å². The van der Waals surface area contributed by atoms with E-state index in [9.17, 15) is 14.4 Å². The van der Waals surface area contributed by atoms with Crippen molar-refractivity contribution in [2.24, 2.45) is 0 Å². The molecule has 1 aromatic carbocycles. The van der Waals surface area contributed by atoms with Crippen LogP contribution in [-0.4, -0.2) is 59.5 Å². The van der Waals surface area contributed by atoms with E-state index in [4.69, 9.17) is 5.11 Å². The molecular formula is C14H17N3O4. The van der Waals surface area contributed by atoms with Crippen molar-refractivity contribution < 1.29 is 19.5 Å². The molecule has 0 radical (unpaired) electrons. The first-order valence-corrected chi connectivity index (χ1v) is 6.60. The van der Waals surface area contributed by atoms with Crippen LogP contribution < -0.4 is 5.32 Å². The van der Waals surface area contributed by atoms with Crippen molar-refractivity contribution in [3.8, 4) is 0 Å². The number of amides is 3. The summed E-state index contributed by atoms with van der Waals surface area (Å²) < 4.78 is 0. The highest BCUT2D eigenvalue weighted by molar-refractivity contribution is 5.94. The van der Waals surface area contributed by atoms with Crippen LogP contribution in [0.4, 0.5) is 10.5 Å². The summed E-state index contributed by atoms with van der Waals surface area (Å²) in [6.07, 6.45) is 0.713. The molecule has 0 bridgehead atoms. The number of urea groups is 1. The maximum atomic E-state index is 12.2. The zero-order valence-electron chi connectivity index (χ0n) is 11.7. The molecule has 7 heteroatoms. The monoisotopic (exact) mass is 291 g/mol. The van der Waals surface area contributed by atoms with Crippen molar-refractivity contribution in [3.63, 3.8) is 0 Å². The van der Waals surface area contributed by atoms with Gasteiger partial charge in [0.05, 0.1) is 5.56 Å². The van der Waals surface area contributed by atoms with E-state index < -0.39 is 12.0 Å². The average Bonchev–Trinajstić information content (AvgIpc) is 2.61. The molecule has 0 aliphatic carbocycles. The first-order chi connectivity index (χ1) is 9.97. The van der Waals surface area contributed by atoms with Crippen LogP contribution >= 0.6 is 0 Å². The van der Waals surface area contributed by atoms with Crippen LogP contribution in [0, 0.1) is 0 Å². The molecule has 0 spiro atoms. The normalized spacial score (nSPS) is 15.6. The minimum Gasteiger partial charge on any atom is -0.478 e. The second-order valence-electron chi connectivity index (χ2n) is 4.91. The van der Waals surface area contributed by atoms with Gasteiger partial charge in [-0.05, 0) is 24.6 Å². The fraction of sp³-hybridized carbons (Fsp3) is 0.357. The van der Waals surface area contributed by atoms with Gasteiger partial charge < -0.3 is 20.2 Å². The Hall–Kier alpha value is -2.57. The van der Waals surface area contributed by atoms with Crippen LogP contribution in [0.25, 0.3) is 0 Å². The van der Waals surface area contributed by atoms with Crippen LogP contribution in [0.3, 0.4) is 0 Å². The first-order valence-electron chi connectivity index (χ1n) is 6.60. The average molecular weight is 291 g/mol. The fourth-order valence-electron chi connectivity index (χ4n) is 2.09. The molecule has 1 fully saturated rings. The minimum atomic E-state index is -1.06. The molecule has 0 unspecified atom stereocenters. The van der Waals surface area contributed by atoms with Gasteiger partial charge in [-0.25, -0.2) is 9.59 Å². The van der Waals surface area contributed by atoms with Gasteiger partial charge in [-0.1, -0.05) is 6.07 Å². The fourth-order valence-corrected chi connectivity index (χ4v) is 2.09. The van der Waals surface area contributed by atoms with E-state index in [0.717, 1.165) is 0 Å². The number of nitrogens with one attached hydrogen (secondary N) is 1. The number of benzene rings is 1. The summed E-state index contributed by atoms with van der Waals surface area (Å²) in [5, 5.41) is 11.5. The Morgan fingerprint density at radius 3 is 2.76 bits per heavy atom.